The molecule has 1 nitrogen and oxygen atoms in total. The molecule has 19 heavy (non-hydrogen) atoms. The number of aryl methyl sites for hydroxylation is 1. The summed E-state index contributed by atoms with van der Waals surface area (Å²) in [5.41, 5.74) is 2.58. The fourth-order valence-electron chi connectivity index (χ4n) is 1.67. The van der Waals surface area contributed by atoms with Crippen LogP contribution in [-0.4, -0.2) is 6.36 Å². The Balaban J connectivity index is 2.39. The van der Waals surface area contributed by atoms with Crippen LogP contribution in [-0.2, 0) is 0 Å². The van der Waals surface area contributed by atoms with Crippen molar-refractivity contribution in [3.8, 4) is 16.9 Å². The topological polar surface area (TPSA) is 9.23 Å². The molecule has 0 bridgehead atoms. The zero-order chi connectivity index (χ0) is 14.0. The average molecular weight is 331 g/mol. The van der Waals surface area contributed by atoms with Crippen LogP contribution in [0.15, 0.2) is 46.9 Å². The van der Waals surface area contributed by atoms with Crippen molar-refractivity contribution in [2.24, 2.45) is 0 Å². The van der Waals surface area contributed by atoms with Crippen LogP contribution in [0, 0.1) is 6.92 Å². The van der Waals surface area contributed by atoms with E-state index in [9.17, 15) is 13.2 Å². The molecule has 5 heteroatoms. The summed E-state index contributed by atoms with van der Waals surface area (Å²) in [7, 11) is 0. The van der Waals surface area contributed by atoms with Crippen LogP contribution in [0.1, 0.15) is 5.56 Å². The maximum absolute atomic E-state index is 12.2. The Labute approximate surface area is 117 Å². The molecule has 0 amide bonds. The highest BCUT2D eigenvalue weighted by molar-refractivity contribution is 9.10. The number of halogens is 4. The zero-order valence-corrected chi connectivity index (χ0v) is 11.5. The maximum Gasteiger partial charge on any atom is 0.573 e. The van der Waals surface area contributed by atoms with Gasteiger partial charge in [0.1, 0.15) is 5.75 Å². The molecule has 2 aromatic carbocycles. The van der Waals surface area contributed by atoms with E-state index in [2.05, 4.69) is 20.7 Å². The monoisotopic (exact) mass is 330 g/mol. The van der Waals surface area contributed by atoms with Crippen molar-refractivity contribution in [2.75, 3.05) is 0 Å². The predicted octanol–water partition coefficient (Wildman–Crippen LogP) is 5.32. The Hall–Kier alpha value is -1.49. The second-order valence-corrected chi connectivity index (χ2v) is 5.01. The highest BCUT2D eigenvalue weighted by atomic mass is 79.9. The number of ether oxygens (including phenoxy) is 1. The van der Waals surface area contributed by atoms with Crippen molar-refractivity contribution in [1.82, 2.24) is 0 Å². The van der Waals surface area contributed by atoms with Gasteiger partial charge in [0.25, 0.3) is 0 Å². The van der Waals surface area contributed by atoms with Gasteiger partial charge in [-0.25, -0.2) is 0 Å². The van der Waals surface area contributed by atoms with E-state index in [-0.39, 0.29) is 5.75 Å². The minimum Gasteiger partial charge on any atom is -0.406 e. The lowest BCUT2D eigenvalue weighted by Crippen LogP contribution is -2.17. The summed E-state index contributed by atoms with van der Waals surface area (Å²) in [5.74, 6) is -0.238. The molecule has 0 unspecified atom stereocenters. The Kier molecular flexibility index (Phi) is 3.85. The fourth-order valence-corrected chi connectivity index (χ4v) is 2.14. The molecule has 100 valence electrons. The van der Waals surface area contributed by atoms with E-state index in [1.165, 1.54) is 12.1 Å². The number of alkyl halides is 3. The first kappa shape index (κ1) is 13.9. The lowest BCUT2D eigenvalue weighted by Gasteiger charge is -2.11. The van der Waals surface area contributed by atoms with Gasteiger partial charge in [0.15, 0.2) is 0 Å². The summed E-state index contributed by atoms with van der Waals surface area (Å²) in [6.45, 7) is 1.95. The van der Waals surface area contributed by atoms with E-state index in [1.54, 1.807) is 6.07 Å². The van der Waals surface area contributed by atoms with E-state index in [0.717, 1.165) is 11.1 Å². The van der Waals surface area contributed by atoms with Gasteiger partial charge in [-0.2, -0.15) is 0 Å². The van der Waals surface area contributed by atoms with Crippen molar-refractivity contribution in [1.29, 1.82) is 0 Å². The SMILES string of the molecule is Cc1ccc(-c2cc(Br)cc(OC(F)(F)F)c2)cc1. The van der Waals surface area contributed by atoms with E-state index in [0.29, 0.717) is 10.0 Å². The zero-order valence-electron chi connectivity index (χ0n) is 9.96. The van der Waals surface area contributed by atoms with Crippen molar-refractivity contribution in [3.63, 3.8) is 0 Å². The van der Waals surface area contributed by atoms with E-state index in [1.807, 2.05) is 31.2 Å². The molecule has 0 aliphatic rings. The average Bonchev–Trinajstić information content (AvgIpc) is 2.26. The van der Waals surface area contributed by atoms with Gasteiger partial charge in [-0.15, -0.1) is 13.2 Å². The Morgan fingerprint density at radius 3 is 2.16 bits per heavy atom. The molecule has 0 saturated carbocycles. The van der Waals surface area contributed by atoms with Gasteiger partial charge in [-0.1, -0.05) is 45.8 Å². The van der Waals surface area contributed by atoms with Crippen molar-refractivity contribution in [2.45, 2.75) is 13.3 Å². The first-order valence-corrected chi connectivity index (χ1v) is 6.26. The lowest BCUT2D eigenvalue weighted by atomic mass is 10.0. The van der Waals surface area contributed by atoms with Gasteiger partial charge < -0.3 is 4.74 Å². The summed E-state index contributed by atoms with van der Waals surface area (Å²) >= 11 is 3.18. The van der Waals surface area contributed by atoms with Crippen LogP contribution in [0.2, 0.25) is 0 Å². The quantitative estimate of drug-likeness (QED) is 0.723. The second-order valence-electron chi connectivity index (χ2n) is 4.09. The fraction of sp³-hybridized carbons (Fsp3) is 0.143. The standard InChI is InChI=1S/C14H10BrF3O/c1-9-2-4-10(5-3-9)11-6-12(15)8-13(7-11)19-14(16,17)18/h2-8H,1H3. The molecule has 0 aromatic heterocycles. The molecule has 0 aliphatic heterocycles. The van der Waals surface area contributed by atoms with Crippen LogP contribution >= 0.6 is 15.9 Å². The first-order valence-electron chi connectivity index (χ1n) is 5.47. The number of hydrogen-bond acceptors (Lipinski definition) is 1. The molecule has 2 aromatic rings. The molecule has 0 radical (unpaired) electrons. The van der Waals surface area contributed by atoms with Crippen molar-refractivity contribution >= 4 is 15.9 Å². The van der Waals surface area contributed by atoms with Crippen molar-refractivity contribution in [3.05, 3.63) is 52.5 Å². The van der Waals surface area contributed by atoms with E-state index in [4.69, 9.17) is 0 Å². The van der Waals surface area contributed by atoms with Gasteiger partial charge in [0.2, 0.25) is 0 Å². The third-order valence-corrected chi connectivity index (χ3v) is 2.95. The van der Waals surface area contributed by atoms with Gasteiger partial charge in [-0.3, -0.25) is 0 Å². The van der Waals surface area contributed by atoms with Crippen LogP contribution in [0.5, 0.6) is 5.75 Å². The summed E-state index contributed by atoms with van der Waals surface area (Å²) < 4.78 is 41.1. The minimum atomic E-state index is -4.69. The molecule has 0 N–H and O–H groups in total. The van der Waals surface area contributed by atoms with Crippen LogP contribution in [0.4, 0.5) is 13.2 Å². The normalized spacial score (nSPS) is 11.4. The molecule has 0 heterocycles. The Morgan fingerprint density at radius 2 is 1.58 bits per heavy atom. The maximum atomic E-state index is 12.2. The van der Waals surface area contributed by atoms with Crippen LogP contribution < -0.4 is 4.74 Å². The smallest absolute Gasteiger partial charge is 0.406 e. The molecule has 0 spiro atoms. The summed E-state index contributed by atoms with van der Waals surface area (Å²) in [4.78, 5) is 0. The predicted molar refractivity (Wildman–Crippen MR) is 71.0 cm³/mol. The Bertz CT molecular complexity index is 576. The van der Waals surface area contributed by atoms with E-state index >= 15 is 0 Å². The molecule has 0 saturated heterocycles. The summed E-state index contributed by atoms with van der Waals surface area (Å²) in [6, 6.07) is 11.9. The molecule has 0 fully saturated rings. The van der Waals surface area contributed by atoms with Gasteiger partial charge in [0.05, 0.1) is 0 Å². The lowest BCUT2D eigenvalue weighted by molar-refractivity contribution is -0.274. The molecule has 0 aliphatic carbocycles. The summed E-state index contributed by atoms with van der Waals surface area (Å²) in [6.07, 6.45) is -4.69. The van der Waals surface area contributed by atoms with Crippen molar-refractivity contribution < 1.29 is 17.9 Å². The third-order valence-electron chi connectivity index (χ3n) is 2.49. The highest BCUT2D eigenvalue weighted by Crippen LogP contribution is 2.31. The largest absolute Gasteiger partial charge is 0.573 e. The van der Waals surface area contributed by atoms with Gasteiger partial charge in [0, 0.05) is 4.47 Å². The molecular weight excluding hydrogens is 321 g/mol. The minimum absolute atomic E-state index is 0.238. The van der Waals surface area contributed by atoms with Crippen LogP contribution in [0.3, 0.4) is 0 Å². The molecule has 2 rings (SSSR count). The molecule has 0 atom stereocenters. The van der Waals surface area contributed by atoms with E-state index < -0.39 is 6.36 Å². The second kappa shape index (κ2) is 5.25. The summed E-state index contributed by atoms with van der Waals surface area (Å²) in [5, 5.41) is 0. The highest BCUT2D eigenvalue weighted by Gasteiger charge is 2.31. The third kappa shape index (κ3) is 3.99. The number of benzene rings is 2. The molecular formula is C14H10BrF3O. The Morgan fingerprint density at radius 1 is 0.947 bits per heavy atom. The first-order chi connectivity index (χ1) is 8.83. The van der Waals surface area contributed by atoms with Gasteiger partial charge in [-0.05, 0) is 36.2 Å². The van der Waals surface area contributed by atoms with Gasteiger partial charge >= 0.3 is 6.36 Å². The van der Waals surface area contributed by atoms with Crippen LogP contribution in [0.25, 0.3) is 11.1 Å². The number of rotatable bonds is 2. The number of hydrogen-bond donors (Lipinski definition) is 0.